The minimum absolute atomic E-state index is 0.146. The second kappa shape index (κ2) is 5.17. The molecule has 1 aromatic carbocycles. The standard InChI is InChI=1S/C16H22N2O/c1-16(2,3)14-7-5-13(6-8-14)15(19)9-12-10-17-18(4)11-12/h5-8,10-11,15,19H,9H2,1-4H3. The first kappa shape index (κ1) is 13.8. The number of aliphatic hydroxyl groups is 1. The fourth-order valence-corrected chi connectivity index (χ4v) is 2.12. The third-order valence-corrected chi connectivity index (χ3v) is 3.35. The molecule has 0 amide bonds. The van der Waals surface area contributed by atoms with E-state index in [2.05, 4.69) is 38.0 Å². The molecule has 3 nitrogen and oxygen atoms in total. The van der Waals surface area contributed by atoms with Crippen LogP contribution in [0.5, 0.6) is 0 Å². The van der Waals surface area contributed by atoms with Crippen LogP contribution < -0.4 is 0 Å². The number of aliphatic hydroxyl groups excluding tert-OH is 1. The van der Waals surface area contributed by atoms with Gasteiger partial charge in [-0.25, -0.2) is 0 Å². The third kappa shape index (κ3) is 3.44. The Morgan fingerprint density at radius 2 is 1.84 bits per heavy atom. The van der Waals surface area contributed by atoms with Crippen molar-refractivity contribution in [3.63, 3.8) is 0 Å². The summed E-state index contributed by atoms with van der Waals surface area (Å²) in [6.07, 6.45) is 3.86. The highest BCUT2D eigenvalue weighted by Gasteiger charge is 2.15. The minimum Gasteiger partial charge on any atom is -0.388 e. The van der Waals surface area contributed by atoms with E-state index in [0.717, 1.165) is 11.1 Å². The van der Waals surface area contributed by atoms with E-state index in [1.54, 1.807) is 10.9 Å². The van der Waals surface area contributed by atoms with Gasteiger partial charge in [0.15, 0.2) is 0 Å². The maximum atomic E-state index is 10.2. The summed E-state index contributed by atoms with van der Waals surface area (Å²) < 4.78 is 1.75. The lowest BCUT2D eigenvalue weighted by molar-refractivity contribution is 0.178. The fraction of sp³-hybridized carbons (Fsp3) is 0.438. The molecule has 3 heteroatoms. The Labute approximate surface area is 114 Å². The van der Waals surface area contributed by atoms with Crippen molar-refractivity contribution in [2.45, 2.75) is 38.7 Å². The first-order valence-corrected chi connectivity index (χ1v) is 6.62. The van der Waals surface area contributed by atoms with Crippen molar-refractivity contribution in [3.05, 3.63) is 53.3 Å². The van der Waals surface area contributed by atoms with Gasteiger partial charge >= 0.3 is 0 Å². The third-order valence-electron chi connectivity index (χ3n) is 3.35. The molecule has 0 fully saturated rings. The van der Waals surface area contributed by atoms with E-state index >= 15 is 0 Å². The van der Waals surface area contributed by atoms with E-state index < -0.39 is 6.10 Å². The van der Waals surface area contributed by atoms with Crippen molar-refractivity contribution in [2.75, 3.05) is 0 Å². The molecule has 0 bridgehead atoms. The summed E-state index contributed by atoms with van der Waals surface area (Å²) in [5, 5.41) is 14.4. The Balaban J connectivity index is 2.09. The molecule has 1 N–H and O–H groups in total. The number of benzene rings is 1. The SMILES string of the molecule is Cn1cc(CC(O)c2ccc(C(C)(C)C)cc2)cn1. The highest BCUT2D eigenvalue weighted by atomic mass is 16.3. The van der Waals surface area contributed by atoms with Crippen LogP contribution in [0.15, 0.2) is 36.7 Å². The van der Waals surface area contributed by atoms with Gasteiger partial charge in [-0.3, -0.25) is 4.68 Å². The molecule has 19 heavy (non-hydrogen) atoms. The number of aromatic nitrogens is 2. The molecule has 0 aliphatic carbocycles. The van der Waals surface area contributed by atoms with Gasteiger partial charge in [-0.15, -0.1) is 0 Å². The van der Waals surface area contributed by atoms with Crippen LogP contribution in [0.3, 0.4) is 0 Å². The van der Waals surface area contributed by atoms with E-state index in [-0.39, 0.29) is 5.41 Å². The van der Waals surface area contributed by atoms with Gasteiger partial charge in [0.05, 0.1) is 12.3 Å². The molecule has 102 valence electrons. The first-order chi connectivity index (χ1) is 8.86. The van der Waals surface area contributed by atoms with E-state index in [1.165, 1.54) is 5.56 Å². The monoisotopic (exact) mass is 258 g/mol. The van der Waals surface area contributed by atoms with Crippen molar-refractivity contribution < 1.29 is 5.11 Å². The second-order valence-electron chi connectivity index (χ2n) is 6.11. The molecule has 0 radical (unpaired) electrons. The summed E-state index contributed by atoms with van der Waals surface area (Å²) in [5.41, 5.74) is 3.43. The molecule has 0 saturated heterocycles. The molecule has 1 unspecified atom stereocenters. The number of rotatable bonds is 3. The fourth-order valence-electron chi connectivity index (χ4n) is 2.12. The molecule has 1 aromatic heterocycles. The summed E-state index contributed by atoms with van der Waals surface area (Å²) in [6, 6.07) is 8.23. The lowest BCUT2D eigenvalue weighted by Gasteiger charge is -2.20. The lowest BCUT2D eigenvalue weighted by Crippen LogP contribution is -2.11. The van der Waals surface area contributed by atoms with Crippen LogP contribution in [0, 0.1) is 0 Å². The van der Waals surface area contributed by atoms with Gasteiger partial charge in [0.2, 0.25) is 0 Å². The van der Waals surface area contributed by atoms with Crippen LogP contribution in [0.25, 0.3) is 0 Å². The topological polar surface area (TPSA) is 38.0 Å². The Hall–Kier alpha value is -1.61. The number of nitrogens with zero attached hydrogens (tertiary/aromatic N) is 2. The summed E-state index contributed by atoms with van der Waals surface area (Å²) in [7, 11) is 1.88. The van der Waals surface area contributed by atoms with Gasteiger partial charge in [0.25, 0.3) is 0 Å². The van der Waals surface area contributed by atoms with Crippen molar-refractivity contribution in [2.24, 2.45) is 7.05 Å². The second-order valence-corrected chi connectivity index (χ2v) is 6.11. The predicted octanol–water partition coefficient (Wildman–Crippen LogP) is 2.99. The largest absolute Gasteiger partial charge is 0.388 e. The molecular weight excluding hydrogens is 236 g/mol. The highest BCUT2D eigenvalue weighted by Crippen LogP contribution is 2.25. The van der Waals surface area contributed by atoms with E-state index in [0.29, 0.717) is 6.42 Å². The zero-order valence-electron chi connectivity index (χ0n) is 12.1. The summed E-state index contributed by atoms with van der Waals surface area (Å²) >= 11 is 0. The Morgan fingerprint density at radius 1 is 1.21 bits per heavy atom. The minimum atomic E-state index is -0.474. The van der Waals surface area contributed by atoms with Crippen molar-refractivity contribution >= 4 is 0 Å². The molecule has 2 rings (SSSR count). The molecule has 1 atom stereocenters. The summed E-state index contributed by atoms with van der Waals surface area (Å²) in [4.78, 5) is 0. The number of hydrogen-bond acceptors (Lipinski definition) is 2. The maximum absolute atomic E-state index is 10.2. The van der Waals surface area contributed by atoms with E-state index in [1.807, 2.05) is 25.4 Å². The van der Waals surface area contributed by atoms with Gasteiger partial charge < -0.3 is 5.11 Å². The molecule has 2 aromatic rings. The van der Waals surface area contributed by atoms with Gasteiger partial charge in [0, 0.05) is 19.7 Å². The predicted molar refractivity (Wildman–Crippen MR) is 77.0 cm³/mol. The molecular formula is C16H22N2O. The van der Waals surface area contributed by atoms with E-state index in [4.69, 9.17) is 0 Å². The maximum Gasteiger partial charge on any atom is 0.0831 e. The molecule has 0 spiro atoms. The first-order valence-electron chi connectivity index (χ1n) is 6.62. The Morgan fingerprint density at radius 3 is 2.32 bits per heavy atom. The number of hydrogen-bond donors (Lipinski definition) is 1. The van der Waals surface area contributed by atoms with Crippen LogP contribution in [-0.2, 0) is 18.9 Å². The molecule has 1 heterocycles. The average molecular weight is 258 g/mol. The van der Waals surface area contributed by atoms with Crippen LogP contribution in [0.1, 0.15) is 43.6 Å². The highest BCUT2D eigenvalue weighted by molar-refractivity contribution is 5.29. The Bertz CT molecular complexity index is 535. The van der Waals surface area contributed by atoms with Crippen LogP contribution in [0.4, 0.5) is 0 Å². The van der Waals surface area contributed by atoms with Gasteiger partial charge in [0.1, 0.15) is 0 Å². The quantitative estimate of drug-likeness (QED) is 0.919. The zero-order valence-corrected chi connectivity index (χ0v) is 12.1. The average Bonchev–Trinajstić information content (AvgIpc) is 2.74. The van der Waals surface area contributed by atoms with E-state index in [9.17, 15) is 5.11 Å². The van der Waals surface area contributed by atoms with Gasteiger partial charge in [-0.05, 0) is 22.1 Å². The zero-order chi connectivity index (χ0) is 14.0. The molecule has 0 aliphatic heterocycles. The number of aryl methyl sites for hydroxylation is 1. The van der Waals surface area contributed by atoms with Crippen molar-refractivity contribution in [1.29, 1.82) is 0 Å². The van der Waals surface area contributed by atoms with Crippen LogP contribution in [0.2, 0.25) is 0 Å². The van der Waals surface area contributed by atoms with Gasteiger partial charge in [-0.1, -0.05) is 45.0 Å². The summed E-state index contributed by atoms with van der Waals surface area (Å²) in [5.74, 6) is 0. The summed E-state index contributed by atoms with van der Waals surface area (Å²) in [6.45, 7) is 6.57. The van der Waals surface area contributed by atoms with Crippen LogP contribution >= 0.6 is 0 Å². The van der Waals surface area contributed by atoms with Crippen molar-refractivity contribution in [3.8, 4) is 0 Å². The van der Waals surface area contributed by atoms with Crippen molar-refractivity contribution in [1.82, 2.24) is 9.78 Å². The lowest BCUT2D eigenvalue weighted by atomic mass is 9.86. The smallest absolute Gasteiger partial charge is 0.0831 e. The normalized spacial score (nSPS) is 13.5. The molecule has 0 aliphatic rings. The Kier molecular flexibility index (Phi) is 3.76. The molecule has 0 saturated carbocycles. The van der Waals surface area contributed by atoms with Gasteiger partial charge in [-0.2, -0.15) is 5.10 Å². The van der Waals surface area contributed by atoms with Crippen LogP contribution in [-0.4, -0.2) is 14.9 Å².